The van der Waals surface area contributed by atoms with Crippen molar-refractivity contribution in [2.75, 3.05) is 0 Å². The van der Waals surface area contributed by atoms with E-state index in [9.17, 15) is 13.2 Å². The highest BCUT2D eigenvalue weighted by Gasteiger charge is 2.18. The van der Waals surface area contributed by atoms with Crippen LogP contribution < -0.4 is 0 Å². The van der Waals surface area contributed by atoms with Gasteiger partial charge < -0.3 is 5.11 Å². The molecule has 0 atom stereocenters. The Hall–Kier alpha value is -0.810. The predicted octanol–water partition coefficient (Wildman–Crippen LogP) is 2.30. The molecule has 0 unspecified atom stereocenters. The van der Waals surface area contributed by atoms with E-state index in [1.54, 1.807) is 0 Å². The van der Waals surface area contributed by atoms with Gasteiger partial charge in [-0.25, -0.2) is 13.8 Å². The summed E-state index contributed by atoms with van der Waals surface area (Å²) in [6.45, 7) is -0.599. The third-order valence-electron chi connectivity index (χ3n) is 1.40. The molecule has 1 aromatic heterocycles. The van der Waals surface area contributed by atoms with Crippen molar-refractivity contribution in [1.29, 1.82) is 0 Å². The average Bonchev–Trinajstić information content (AvgIpc) is 2.08. The van der Waals surface area contributed by atoms with E-state index in [0.717, 1.165) is 6.07 Å². The van der Waals surface area contributed by atoms with Gasteiger partial charge in [0, 0.05) is 11.6 Å². The molecule has 1 N–H and O–H groups in total. The first kappa shape index (κ1) is 10.3. The molecule has 1 aromatic rings. The SMILES string of the molecule is OCc1cc(F)nc(C(F)F)c1Cl. The fraction of sp³-hybridized carbons (Fsp3) is 0.286. The summed E-state index contributed by atoms with van der Waals surface area (Å²) < 4.78 is 36.8. The van der Waals surface area contributed by atoms with Crippen LogP contribution in [0.2, 0.25) is 5.02 Å². The molecule has 1 heterocycles. The Morgan fingerprint density at radius 3 is 2.62 bits per heavy atom. The monoisotopic (exact) mass is 211 g/mol. The molecule has 0 aliphatic carbocycles. The van der Waals surface area contributed by atoms with Gasteiger partial charge in [-0.1, -0.05) is 11.6 Å². The van der Waals surface area contributed by atoms with Crippen molar-refractivity contribution in [3.8, 4) is 0 Å². The van der Waals surface area contributed by atoms with Gasteiger partial charge >= 0.3 is 0 Å². The third-order valence-corrected chi connectivity index (χ3v) is 1.84. The fourth-order valence-electron chi connectivity index (χ4n) is 0.828. The third kappa shape index (κ3) is 2.10. The van der Waals surface area contributed by atoms with Crippen LogP contribution in [0, 0.1) is 5.95 Å². The molecular weight excluding hydrogens is 207 g/mol. The molecule has 0 radical (unpaired) electrons. The van der Waals surface area contributed by atoms with Crippen molar-refractivity contribution in [3.63, 3.8) is 0 Å². The quantitative estimate of drug-likeness (QED) is 0.762. The molecule has 6 heteroatoms. The molecule has 1 rings (SSSR count). The zero-order chi connectivity index (χ0) is 10.0. The standard InChI is InChI=1S/C7H5ClF3NO/c8-5-3(2-13)1-4(9)12-6(5)7(10)11/h1,7,13H,2H2. The van der Waals surface area contributed by atoms with Crippen LogP contribution in [0.1, 0.15) is 17.7 Å². The molecular formula is C7H5ClF3NO. The van der Waals surface area contributed by atoms with Crippen molar-refractivity contribution in [2.24, 2.45) is 0 Å². The molecule has 0 aliphatic heterocycles. The summed E-state index contributed by atoms with van der Waals surface area (Å²) in [4.78, 5) is 2.92. The van der Waals surface area contributed by atoms with Gasteiger partial charge in [0.25, 0.3) is 6.43 Å². The van der Waals surface area contributed by atoms with E-state index in [4.69, 9.17) is 16.7 Å². The van der Waals surface area contributed by atoms with Crippen LogP contribution in [0.4, 0.5) is 13.2 Å². The summed E-state index contributed by atoms with van der Waals surface area (Å²) in [7, 11) is 0. The van der Waals surface area contributed by atoms with Gasteiger partial charge in [-0.3, -0.25) is 0 Å². The highest BCUT2D eigenvalue weighted by atomic mass is 35.5. The van der Waals surface area contributed by atoms with Gasteiger partial charge in [0.1, 0.15) is 5.69 Å². The van der Waals surface area contributed by atoms with Crippen molar-refractivity contribution in [2.45, 2.75) is 13.0 Å². The zero-order valence-electron chi connectivity index (χ0n) is 6.27. The molecule has 0 fully saturated rings. The Morgan fingerprint density at radius 1 is 1.54 bits per heavy atom. The number of hydrogen-bond acceptors (Lipinski definition) is 2. The van der Waals surface area contributed by atoms with Crippen LogP contribution in [-0.2, 0) is 6.61 Å². The summed E-state index contributed by atoms with van der Waals surface area (Å²) in [5.41, 5.74) is -0.935. The summed E-state index contributed by atoms with van der Waals surface area (Å²) in [5, 5.41) is 8.24. The van der Waals surface area contributed by atoms with Crippen LogP contribution >= 0.6 is 11.6 Å². The number of hydrogen-bond donors (Lipinski definition) is 1. The normalized spacial score (nSPS) is 10.9. The maximum absolute atomic E-state index is 12.5. The lowest BCUT2D eigenvalue weighted by Crippen LogP contribution is -1.99. The summed E-state index contributed by atoms with van der Waals surface area (Å²) >= 11 is 5.41. The van der Waals surface area contributed by atoms with Gasteiger partial charge in [-0.05, 0) is 0 Å². The molecule has 2 nitrogen and oxygen atoms in total. The summed E-state index contributed by atoms with van der Waals surface area (Å²) in [6, 6.07) is 0.814. The number of aliphatic hydroxyl groups is 1. The second kappa shape index (κ2) is 3.93. The number of aromatic nitrogens is 1. The van der Waals surface area contributed by atoms with Crippen LogP contribution in [0.15, 0.2) is 6.07 Å². The van der Waals surface area contributed by atoms with Gasteiger partial charge in [0.05, 0.1) is 11.6 Å². The zero-order valence-corrected chi connectivity index (χ0v) is 7.02. The highest BCUT2D eigenvalue weighted by molar-refractivity contribution is 6.32. The van der Waals surface area contributed by atoms with E-state index in [2.05, 4.69) is 4.98 Å². The van der Waals surface area contributed by atoms with E-state index in [1.165, 1.54) is 0 Å². The van der Waals surface area contributed by atoms with Crippen molar-refractivity contribution in [3.05, 3.63) is 28.3 Å². The van der Waals surface area contributed by atoms with E-state index in [0.29, 0.717) is 0 Å². The molecule has 13 heavy (non-hydrogen) atoms. The van der Waals surface area contributed by atoms with Crippen LogP contribution in [0.5, 0.6) is 0 Å². The molecule has 72 valence electrons. The first-order chi connectivity index (χ1) is 6.06. The van der Waals surface area contributed by atoms with E-state index >= 15 is 0 Å². The maximum Gasteiger partial charge on any atom is 0.281 e. The Kier molecular flexibility index (Phi) is 3.11. The second-order valence-electron chi connectivity index (χ2n) is 2.26. The first-order valence-electron chi connectivity index (χ1n) is 3.30. The largest absolute Gasteiger partial charge is 0.392 e. The van der Waals surface area contributed by atoms with Gasteiger partial charge in [-0.2, -0.15) is 4.39 Å². The Labute approximate surface area is 77.0 Å². The predicted molar refractivity (Wildman–Crippen MR) is 40.1 cm³/mol. The lowest BCUT2D eigenvalue weighted by Gasteiger charge is -2.05. The first-order valence-corrected chi connectivity index (χ1v) is 3.68. The number of pyridine rings is 1. The number of alkyl halides is 2. The van der Waals surface area contributed by atoms with Crippen molar-refractivity contribution >= 4 is 11.6 Å². The minimum absolute atomic E-state index is 0.0931. The van der Waals surface area contributed by atoms with E-state index in [-0.39, 0.29) is 10.6 Å². The number of halogens is 4. The highest BCUT2D eigenvalue weighted by Crippen LogP contribution is 2.28. The van der Waals surface area contributed by atoms with E-state index in [1.807, 2.05) is 0 Å². The van der Waals surface area contributed by atoms with Gasteiger partial charge in [-0.15, -0.1) is 0 Å². The lowest BCUT2D eigenvalue weighted by molar-refractivity contribution is 0.144. The molecule has 0 spiro atoms. The number of rotatable bonds is 2. The topological polar surface area (TPSA) is 33.1 Å². The smallest absolute Gasteiger partial charge is 0.281 e. The van der Waals surface area contributed by atoms with Crippen molar-refractivity contribution < 1.29 is 18.3 Å². The van der Waals surface area contributed by atoms with Crippen LogP contribution in [0.25, 0.3) is 0 Å². The molecule has 0 saturated heterocycles. The second-order valence-corrected chi connectivity index (χ2v) is 2.64. The minimum atomic E-state index is -2.95. The Morgan fingerprint density at radius 2 is 2.15 bits per heavy atom. The molecule has 0 aliphatic rings. The molecule has 0 saturated carbocycles. The lowest BCUT2D eigenvalue weighted by atomic mass is 10.2. The van der Waals surface area contributed by atoms with Crippen LogP contribution in [-0.4, -0.2) is 10.1 Å². The summed E-state index contributed by atoms with van der Waals surface area (Å²) in [6.07, 6.45) is -2.95. The Balaban J connectivity index is 3.27. The fourth-order valence-corrected chi connectivity index (χ4v) is 1.07. The van der Waals surface area contributed by atoms with Crippen molar-refractivity contribution in [1.82, 2.24) is 4.98 Å². The van der Waals surface area contributed by atoms with Gasteiger partial charge in [0.15, 0.2) is 0 Å². The average molecular weight is 212 g/mol. The van der Waals surface area contributed by atoms with Crippen LogP contribution in [0.3, 0.4) is 0 Å². The number of nitrogens with zero attached hydrogens (tertiary/aromatic N) is 1. The number of aliphatic hydroxyl groups excluding tert-OH is 1. The van der Waals surface area contributed by atoms with Gasteiger partial charge in [0.2, 0.25) is 5.95 Å². The Bertz CT molecular complexity index is 319. The molecule has 0 aromatic carbocycles. The molecule has 0 amide bonds. The molecule has 0 bridgehead atoms. The summed E-state index contributed by atoms with van der Waals surface area (Å²) in [5.74, 6) is -1.08. The van der Waals surface area contributed by atoms with E-state index < -0.39 is 24.7 Å². The minimum Gasteiger partial charge on any atom is -0.392 e. The maximum atomic E-state index is 12.5.